The van der Waals surface area contributed by atoms with E-state index in [9.17, 15) is 4.79 Å². The van der Waals surface area contributed by atoms with Crippen LogP contribution in [0.2, 0.25) is 5.02 Å². The minimum absolute atomic E-state index is 0.0678. The SMILES string of the molecule is O=C(NCc1ccccc1)[C@@H]1Sc2nnc(-c3ccccc3)n2N[C@H]1c1ccc(Cl)cc1. The van der Waals surface area contributed by atoms with Gasteiger partial charge in [-0.3, -0.25) is 4.79 Å². The van der Waals surface area contributed by atoms with Gasteiger partial charge in [-0.1, -0.05) is 96.2 Å². The lowest BCUT2D eigenvalue weighted by atomic mass is 10.0. The number of fused-ring (bicyclic) bond motifs is 1. The summed E-state index contributed by atoms with van der Waals surface area (Å²) in [6.07, 6.45) is 0. The van der Waals surface area contributed by atoms with E-state index in [1.165, 1.54) is 11.8 Å². The van der Waals surface area contributed by atoms with E-state index >= 15 is 0 Å². The molecular weight excluding hydrogens is 442 g/mol. The van der Waals surface area contributed by atoms with Crippen LogP contribution in [-0.2, 0) is 11.3 Å². The smallest absolute Gasteiger partial charge is 0.236 e. The molecule has 1 aromatic heterocycles. The van der Waals surface area contributed by atoms with Crippen LogP contribution in [0.15, 0.2) is 90.1 Å². The van der Waals surface area contributed by atoms with E-state index in [4.69, 9.17) is 11.6 Å². The Kier molecular flexibility index (Phi) is 5.83. The highest BCUT2D eigenvalue weighted by Crippen LogP contribution is 2.38. The first-order valence-corrected chi connectivity index (χ1v) is 11.5. The van der Waals surface area contributed by atoms with Gasteiger partial charge in [0.2, 0.25) is 11.1 Å². The highest BCUT2D eigenvalue weighted by molar-refractivity contribution is 8.00. The minimum atomic E-state index is -0.430. The minimum Gasteiger partial charge on any atom is -0.351 e. The van der Waals surface area contributed by atoms with Crippen molar-refractivity contribution in [3.8, 4) is 11.4 Å². The monoisotopic (exact) mass is 461 g/mol. The van der Waals surface area contributed by atoms with Gasteiger partial charge in [-0.25, -0.2) is 4.68 Å². The molecule has 1 amide bonds. The predicted octanol–water partition coefficient (Wildman–Crippen LogP) is 4.67. The van der Waals surface area contributed by atoms with Crippen LogP contribution in [0.25, 0.3) is 11.4 Å². The molecule has 1 aliphatic rings. The Morgan fingerprint density at radius 2 is 1.66 bits per heavy atom. The first kappa shape index (κ1) is 20.6. The Labute approximate surface area is 195 Å². The molecule has 2 heterocycles. The van der Waals surface area contributed by atoms with Crippen LogP contribution >= 0.6 is 23.4 Å². The Hall–Kier alpha value is -3.29. The first-order valence-electron chi connectivity index (χ1n) is 10.2. The average molecular weight is 462 g/mol. The summed E-state index contributed by atoms with van der Waals surface area (Å²) in [6.45, 7) is 0.464. The van der Waals surface area contributed by atoms with Gasteiger partial charge in [0.1, 0.15) is 5.25 Å². The zero-order chi connectivity index (χ0) is 21.9. The predicted molar refractivity (Wildman–Crippen MR) is 127 cm³/mol. The number of benzene rings is 3. The number of carbonyl (C=O) groups is 1. The maximum atomic E-state index is 13.3. The molecule has 0 radical (unpaired) electrons. The maximum Gasteiger partial charge on any atom is 0.236 e. The largest absolute Gasteiger partial charge is 0.351 e. The average Bonchev–Trinajstić information content (AvgIpc) is 3.26. The zero-order valence-corrected chi connectivity index (χ0v) is 18.6. The van der Waals surface area contributed by atoms with Gasteiger partial charge in [-0.15, -0.1) is 10.2 Å². The van der Waals surface area contributed by atoms with Crippen LogP contribution in [-0.4, -0.2) is 26.0 Å². The van der Waals surface area contributed by atoms with Crippen LogP contribution in [0.4, 0.5) is 0 Å². The van der Waals surface area contributed by atoms with Gasteiger partial charge in [-0.2, -0.15) is 0 Å². The summed E-state index contributed by atoms with van der Waals surface area (Å²) >= 11 is 7.51. The standard InChI is InChI=1S/C24H20ClN5OS/c25-19-13-11-17(12-14-19)20-21(23(31)26-15-16-7-3-1-4-8-16)32-24-28-27-22(30(24)29-20)18-9-5-2-6-10-18/h1-14,20-21,29H,15H2,(H,26,31)/t20-,21+/m0/s1. The van der Waals surface area contributed by atoms with Crippen molar-refractivity contribution in [1.82, 2.24) is 20.2 Å². The quantitative estimate of drug-likeness (QED) is 0.451. The van der Waals surface area contributed by atoms with Crippen molar-refractivity contribution in [3.05, 3.63) is 101 Å². The van der Waals surface area contributed by atoms with Gasteiger partial charge in [0, 0.05) is 17.1 Å². The fourth-order valence-electron chi connectivity index (χ4n) is 3.64. The van der Waals surface area contributed by atoms with E-state index in [1.807, 2.05) is 89.6 Å². The molecule has 0 aliphatic carbocycles. The Bertz CT molecular complexity index is 1210. The second kappa shape index (κ2) is 9.06. The molecule has 0 bridgehead atoms. The molecule has 2 atom stereocenters. The molecule has 5 rings (SSSR count). The van der Waals surface area contributed by atoms with Crippen molar-refractivity contribution in [2.45, 2.75) is 23.0 Å². The van der Waals surface area contributed by atoms with Crippen LogP contribution in [0.3, 0.4) is 0 Å². The second-order valence-electron chi connectivity index (χ2n) is 7.41. The number of nitrogens with one attached hydrogen (secondary N) is 2. The van der Waals surface area contributed by atoms with Crippen LogP contribution < -0.4 is 10.7 Å². The number of amides is 1. The van der Waals surface area contributed by atoms with E-state index in [2.05, 4.69) is 20.9 Å². The topological polar surface area (TPSA) is 71.8 Å². The maximum absolute atomic E-state index is 13.3. The van der Waals surface area contributed by atoms with Crippen molar-refractivity contribution >= 4 is 29.3 Å². The molecule has 32 heavy (non-hydrogen) atoms. The van der Waals surface area contributed by atoms with Gasteiger partial charge < -0.3 is 10.7 Å². The third-order valence-electron chi connectivity index (χ3n) is 5.27. The van der Waals surface area contributed by atoms with Crippen molar-refractivity contribution < 1.29 is 4.79 Å². The van der Waals surface area contributed by atoms with Crippen molar-refractivity contribution in [2.24, 2.45) is 0 Å². The van der Waals surface area contributed by atoms with Crippen LogP contribution in [0.1, 0.15) is 17.2 Å². The molecule has 0 fully saturated rings. The molecule has 0 saturated heterocycles. The van der Waals surface area contributed by atoms with Crippen molar-refractivity contribution in [3.63, 3.8) is 0 Å². The molecule has 3 aromatic carbocycles. The molecule has 0 unspecified atom stereocenters. The zero-order valence-electron chi connectivity index (χ0n) is 17.0. The van der Waals surface area contributed by atoms with E-state index < -0.39 is 5.25 Å². The molecular formula is C24H20ClN5OS. The fourth-order valence-corrected chi connectivity index (χ4v) is 4.87. The summed E-state index contributed by atoms with van der Waals surface area (Å²) in [6, 6.07) is 27.0. The number of aromatic nitrogens is 3. The molecule has 0 saturated carbocycles. The highest BCUT2D eigenvalue weighted by atomic mass is 35.5. The van der Waals surface area contributed by atoms with E-state index in [0.717, 1.165) is 16.7 Å². The molecule has 6 nitrogen and oxygen atoms in total. The lowest BCUT2D eigenvalue weighted by molar-refractivity contribution is -0.121. The van der Waals surface area contributed by atoms with Crippen molar-refractivity contribution in [1.29, 1.82) is 0 Å². The first-order chi connectivity index (χ1) is 15.7. The van der Waals surface area contributed by atoms with E-state index in [-0.39, 0.29) is 11.9 Å². The molecule has 2 N–H and O–H groups in total. The number of hydrogen-bond acceptors (Lipinski definition) is 5. The van der Waals surface area contributed by atoms with Gasteiger partial charge in [0.05, 0.1) is 6.04 Å². The third kappa shape index (κ3) is 4.22. The van der Waals surface area contributed by atoms with Gasteiger partial charge >= 0.3 is 0 Å². The van der Waals surface area contributed by atoms with E-state index in [1.54, 1.807) is 0 Å². The number of carbonyl (C=O) groups excluding carboxylic acids is 1. The number of thioether (sulfide) groups is 1. The summed E-state index contributed by atoms with van der Waals surface area (Å²) in [5.41, 5.74) is 6.43. The summed E-state index contributed by atoms with van der Waals surface area (Å²) < 4.78 is 1.86. The van der Waals surface area contributed by atoms with Crippen LogP contribution in [0.5, 0.6) is 0 Å². The number of rotatable bonds is 5. The number of hydrogen-bond donors (Lipinski definition) is 2. The van der Waals surface area contributed by atoms with E-state index in [0.29, 0.717) is 22.5 Å². The Morgan fingerprint density at radius 3 is 2.38 bits per heavy atom. The molecule has 0 spiro atoms. The summed E-state index contributed by atoms with van der Waals surface area (Å²) in [5.74, 6) is 0.636. The Morgan fingerprint density at radius 1 is 0.969 bits per heavy atom. The molecule has 1 aliphatic heterocycles. The van der Waals surface area contributed by atoms with Crippen LogP contribution in [0, 0.1) is 0 Å². The lowest BCUT2D eigenvalue weighted by Crippen LogP contribution is -2.43. The summed E-state index contributed by atoms with van der Waals surface area (Å²) in [7, 11) is 0. The molecule has 4 aromatic rings. The van der Waals surface area contributed by atoms with Gasteiger partial charge in [0.15, 0.2) is 5.82 Å². The number of nitrogens with zero attached hydrogens (tertiary/aromatic N) is 3. The normalized spacial score (nSPS) is 17.3. The number of halogens is 1. The summed E-state index contributed by atoms with van der Waals surface area (Å²) in [4.78, 5) is 13.3. The van der Waals surface area contributed by atoms with Gasteiger partial charge in [0.25, 0.3) is 0 Å². The third-order valence-corrected chi connectivity index (χ3v) is 6.73. The lowest BCUT2D eigenvalue weighted by Gasteiger charge is -2.33. The van der Waals surface area contributed by atoms with Gasteiger partial charge in [-0.05, 0) is 23.3 Å². The summed E-state index contributed by atoms with van der Waals surface area (Å²) in [5, 5.41) is 12.6. The fraction of sp³-hybridized carbons (Fsp3) is 0.125. The molecule has 8 heteroatoms. The molecule has 160 valence electrons. The Balaban J connectivity index is 1.46. The van der Waals surface area contributed by atoms with Crippen molar-refractivity contribution in [2.75, 3.05) is 5.43 Å². The highest BCUT2D eigenvalue weighted by Gasteiger charge is 2.37. The second-order valence-corrected chi connectivity index (χ2v) is 8.95.